The second-order valence-electron chi connectivity index (χ2n) is 7.44. The van der Waals surface area contributed by atoms with Gasteiger partial charge in [-0.25, -0.2) is 4.98 Å². The lowest BCUT2D eigenvalue weighted by atomic mass is 9.97. The number of anilines is 1. The van der Waals surface area contributed by atoms with Crippen molar-refractivity contribution in [2.75, 3.05) is 25.0 Å². The summed E-state index contributed by atoms with van der Waals surface area (Å²) in [7, 11) is 1.90. The zero-order valence-electron chi connectivity index (χ0n) is 16.1. The Kier molecular flexibility index (Phi) is 4.97. The average molecular weight is 385 g/mol. The lowest BCUT2D eigenvalue weighted by Gasteiger charge is -2.27. The van der Waals surface area contributed by atoms with Gasteiger partial charge in [-0.1, -0.05) is 12.1 Å². The number of nitrogens with one attached hydrogen (secondary N) is 2. The Labute approximate surface area is 163 Å². The summed E-state index contributed by atoms with van der Waals surface area (Å²) in [6.45, 7) is 6.45. The van der Waals surface area contributed by atoms with Crippen molar-refractivity contribution in [2.24, 2.45) is 7.05 Å². The summed E-state index contributed by atoms with van der Waals surface area (Å²) in [5.41, 5.74) is 3.82. The first kappa shape index (κ1) is 18.1. The van der Waals surface area contributed by atoms with Crippen molar-refractivity contribution in [2.45, 2.75) is 32.6 Å². The fourth-order valence-corrected chi connectivity index (χ4v) is 5.02. The van der Waals surface area contributed by atoms with Crippen LogP contribution >= 0.6 is 11.3 Å². The summed E-state index contributed by atoms with van der Waals surface area (Å²) in [5.74, 6) is 0.597. The van der Waals surface area contributed by atoms with Crippen molar-refractivity contribution in [3.8, 4) is 0 Å². The molecular formula is C20H26N5OS+. The fourth-order valence-electron chi connectivity index (χ4n) is 3.88. The van der Waals surface area contributed by atoms with E-state index in [9.17, 15) is 4.79 Å². The van der Waals surface area contributed by atoms with E-state index in [1.807, 2.05) is 38.3 Å². The number of likely N-dealkylation sites (tertiary alicyclic amines) is 1. The first-order valence-electron chi connectivity index (χ1n) is 9.50. The van der Waals surface area contributed by atoms with Gasteiger partial charge in [0, 0.05) is 25.8 Å². The molecule has 0 bridgehead atoms. The zero-order chi connectivity index (χ0) is 19.0. The van der Waals surface area contributed by atoms with Gasteiger partial charge in [0.1, 0.15) is 0 Å². The van der Waals surface area contributed by atoms with Crippen molar-refractivity contribution in [3.63, 3.8) is 0 Å². The number of piperidine rings is 1. The maximum atomic E-state index is 12.5. The molecule has 0 aliphatic carbocycles. The van der Waals surface area contributed by atoms with Crippen LogP contribution in [0.15, 0.2) is 24.3 Å². The van der Waals surface area contributed by atoms with Gasteiger partial charge in [-0.2, -0.15) is 5.10 Å². The lowest BCUT2D eigenvalue weighted by molar-refractivity contribution is -0.897. The monoisotopic (exact) mass is 384 g/mol. The van der Waals surface area contributed by atoms with Crippen molar-refractivity contribution in [3.05, 3.63) is 40.7 Å². The number of amides is 1. The summed E-state index contributed by atoms with van der Waals surface area (Å²) in [6.07, 6.45) is 2.18. The van der Waals surface area contributed by atoms with Crippen LogP contribution in [0.5, 0.6) is 0 Å². The molecule has 3 heterocycles. The topological polar surface area (TPSA) is 64.2 Å². The number of carbonyl (C=O) groups is 1. The Morgan fingerprint density at radius 1 is 1.30 bits per heavy atom. The zero-order valence-corrected chi connectivity index (χ0v) is 16.9. The van der Waals surface area contributed by atoms with E-state index < -0.39 is 0 Å². The van der Waals surface area contributed by atoms with Crippen molar-refractivity contribution < 1.29 is 9.69 Å². The Morgan fingerprint density at radius 3 is 2.70 bits per heavy atom. The highest BCUT2D eigenvalue weighted by atomic mass is 32.1. The predicted molar refractivity (Wildman–Crippen MR) is 108 cm³/mol. The van der Waals surface area contributed by atoms with E-state index in [1.54, 1.807) is 4.68 Å². The minimum Gasteiger partial charge on any atom is -0.327 e. The highest BCUT2D eigenvalue weighted by Crippen LogP contribution is 2.31. The summed E-state index contributed by atoms with van der Waals surface area (Å²) in [6, 6.07) is 8.34. The minimum atomic E-state index is 0.0719. The number of rotatable bonds is 4. The maximum absolute atomic E-state index is 12.5. The van der Waals surface area contributed by atoms with Crippen LogP contribution in [0.4, 0.5) is 5.69 Å². The van der Waals surface area contributed by atoms with E-state index in [4.69, 9.17) is 4.98 Å². The highest BCUT2D eigenvalue weighted by Gasteiger charge is 2.27. The predicted octanol–water partition coefficient (Wildman–Crippen LogP) is 2.05. The molecule has 0 spiro atoms. The molecule has 1 aliphatic rings. The molecule has 1 aromatic carbocycles. The second kappa shape index (κ2) is 7.40. The molecule has 1 fully saturated rings. The molecule has 0 saturated carbocycles. The third kappa shape index (κ3) is 3.75. The van der Waals surface area contributed by atoms with E-state index in [0.29, 0.717) is 12.5 Å². The molecule has 1 amide bonds. The van der Waals surface area contributed by atoms with Gasteiger partial charge in [0.05, 0.1) is 45.4 Å². The smallest absolute Gasteiger partial charge is 0.279 e. The molecule has 27 heavy (non-hydrogen) atoms. The Balaban J connectivity index is 1.33. The van der Waals surface area contributed by atoms with E-state index in [2.05, 4.69) is 28.6 Å². The van der Waals surface area contributed by atoms with Crippen molar-refractivity contribution in [1.29, 1.82) is 0 Å². The van der Waals surface area contributed by atoms with E-state index >= 15 is 0 Å². The average Bonchev–Trinajstić information content (AvgIpc) is 3.19. The van der Waals surface area contributed by atoms with Gasteiger partial charge < -0.3 is 10.2 Å². The SMILES string of the molecule is Cc1nn(C)c(C)c1NC(=O)C[NH+]1CCC(c2nc3ccccc3s2)CC1. The summed E-state index contributed by atoms with van der Waals surface area (Å²) < 4.78 is 3.07. The molecule has 3 aromatic rings. The third-order valence-corrected chi connectivity index (χ3v) is 6.74. The van der Waals surface area contributed by atoms with Gasteiger partial charge >= 0.3 is 0 Å². The highest BCUT2D eigenvalue weighted by molar-refractivity contribution is 7.18. The van der Waals surface area contributed by atoms with Gasteiger partial charge in [0.15, 0.2) is 6.54 Å². The normalized spacial score (nSPS) is 20.1. The van der Waals surface area contributed by atoms with E-state index in [1.165, 1.54) is 14.6 Å². The molecule has 0 radical (unpaired) electrons. The van der Waals surface area contributed by atoms with Crippen molar-refractivity contribution in [1.82, 2.24) is 14.8 Å². The van der Waals surface area contributed by atoms with Gasteiger partial charge in [-0.05, 0) is 26.0 Å². The van der Waals surface area contributed by atoms with Gasteiger partial charge in [0.2, 0.25) is 0 Å². The van der Waals surface area contributed by atoms with Crippen LogP contribution in [-0.4, -0.2) is 40.3 Å². The number of quaternary nitrogens is 1. The van der Waals surface area contributed by atoms with Gasteiger partial charge in [-0.3, -0.25) is 9.48 Å². The molecule has 1 saturated heterocycles. The van der Waals surface area contributed by atoms with Crippen LogP contribution in [0.25, 0.3) is 10.2 Å². The molecule has 0 atom stereocenters. The molecule has 2 aromatic heterocycles. The maximum Gasteiger partial charge on any atom is 0.279 e. The second-order valence-corrected chi connectivity index (χ2v) is 8.50. The standard InChI is InChI=1S/C20H25N5OS/c1-13-19(14(2)24(3)23-13)22-18(26)12-25-10-8-15(9-11-25)20-21-16-6-4-5-7-17(16)27-20/h4-7,15H,8-12H2,1-3H3,(H,22,26)/p+1. The largest absolute Gasteiger partial charge is 0.327 e. The summed E-state index contributed by atoms with van der Waals surface area (Å²) >= 11 is 1.82. The first-order valence-corrected chi connectivity index (χ1v) is 10.3. The Morgan fingerprint density at radius 2 is 2.04 bits per heavy atom. The molecule has 7 heteroatoms. The Hall–Kier alpha value is -2.25. The summed E-state index contributed by atoms with van der Waals surface area (Å²) in [5, 5.41) is 8.67. The molecule has 1 aliphatic heterocycles. The number of hydrogen-bond donors (Lipinski definition) is 2. The number of benzene rings is 1. The summed E-state index contributed by atoms with van der Waals surface area (Å²) in [4.78, 5) is 18.7. The number of aromatic nitrogens is 3. The molecule has 142 valence electrons. The Bertz CT molecular complexity index is 935. The number of aryl methyl sites for hydroxylation is 2. The molecular weight excluding hydrogens is 358 g/mol. The lowest BCUT2D eigenvalue weighted by Crippen LogP contribution is -3.14. The molecule has 2 N–H and O–H groups in total. The minimum absolute atomic E-state index is 0.0719. The number of carbonyl (C=O) groups excluding carboxylic acids is 1. The van der Waals surface area contributed by atoms with Crippen molar-refractivity contribution >= 4 is 33.1 Å². The van der Waals surface area contributed by atoms with Crippen LogP contribution in [0, 0.1) is 13.8 Å². The first-order chi connectivity index (χ1) is 13.0. The molecule has 0 unspecified atom stereocenters. The fraction of sp³-hybridized carbons (Fsp3) is 0.450. The molecule has 6 nitrogen and oxygen atoms in total. The number of para-hydroxylation sites is 1. The van der Waals surface area contributed by atoms with Crippen LogP contribution in [0.1, 0.15) is 35.2 Å². The number of hydrogen-bond acceptors (Lipinski definition) is 4. The van der Waals surface area contributed by atoms with Crippen LogP contribution in [0.3, 0.4) is 0 Å². The van der Waals surface area contributed by atoms with E-state index in [-0.39, 0.29) is 5.91 Å². The third-order valence-electron chi connectivity index (χ3n) is 5.54. The number of nitrogens with zero attached hydrogens (tertiary/aromatic N) is 3. The quantitative estimate of drug-likeness (QED) is 0.724. The number of fused-ring (bicyclic) bond motifs is 1. The van der Waals surface area contributed by atoms with Gasteiger partial charge in [-0.15, -0.1) is 11.3 Å². The van der Waals surface area contributed by atoms with Crippen LogP contribution in [-0.2, 0) is 11.8 Å². The van der Waals surface area contributed by atoms with Crippen LogP contribution in [0.2, 0.25) is 0 Å². The van der Waals surface area contributed by atoms with E-state index in [0.717, 1.165) is 48.5 Å². The van der Waals surface area contributed by atoms with Crippen LogP contribution < -0.4 is 10.2 Å². The number of thiazole rings is 1. The van der Waals surface area contributed by atoms with Gasteiger partial charge in [0.25, 0.3) is 5.91 Å². The molecule has 4 rings (SSSR count).